The van der Waals surface area contributed by atoms with Crippen LogP contribution in [0.2, 0.25) is 0 Å². The van der Waals surface area contributed by atoms with Crippen molar-refractivity contribution in [2.75, 3.05) is 6.73 Å². The summed E-state index contributed by atoms with van der Waals surface area (Å²) in [4.78, 5) is 26.4. The molecule has 0 aliphatic rings. The molecule has 0 saturated heterocycles. The third kappa shape index (κ3) is 5.14. The molecule has 0 aromatic rings. The predicted molar refractivity (Wildman–Crippen MR) is 57.7 cm³/mol. The summed E-state index contributed by atoms with van der Waals surface area (Å²) in [5.74, 6) is -0.554. The molecule has 0 heterocycles. The first-order valence-electron chi connectivity index (χ1n) is 4.78. The van der Waals surface area contributed by atoms with Crippen molar-refractivity contribution in [1.29, 1.82) is 0 Å². The Kier molecular flexibility index (Phi) is 5.84. The largest absolute Gasteiger partial charge is 0.472 e. The number of ether oxygens (including phenoxy) is 1. The third-order valence-electron chi connectivity index (χ3n) is 1.80. The van der Waals surface area contributed by atoms with Crippen molar-refractivity contribution in [3.8, 4) is 0 Å². The molecule has 1 amide bonds. The molecule has 6 heteroatoms. The number of amides is 1. The summed E-state index contributed by atoms with van der Waals surface area (Å²) in [6.45, 7) is 8.35. The molecule has 0 atom stereocenters. The monoisotopic (exact) mass is 229 g/mol. The molecule has 0 spiro atoms. The van der Waals surface area contributed by atoms with E-state index in [0.717, 1.165) is 4.74 Å². The topological polar surface area (TPSA) is 81.6 Å². The molecule has 0 aromatic carbocycles. The van der Waals surface area contributed by atoms with E-state index in [-0.39, 0.29) is 12.3 Å². The number of carbonyl (C=O) groups is 2. The van der Waals surface area contributed by atoms with Gasteiger partial charge in [0, 0.05) is 23.7 Å². The second kappa shape index (κ2) is 6.60. The fourth-order valence-electron chi connectivity index (χ4n) is 0.740. The zero-order valence-corrected chi connectivity index (χ0v) is 9.78. The van der Waals surface area contributed by atoms with Gasteiger partial charge in [-0.25, -0.2) is 9.59 Å². The normalized spacial score (nSPS) is 11.4. The smallest absolute Gasteiger partial charge is 0.398 e. The first-order chi connectivity index (χ1) is 7.38. The van der Waals surface area contributed by atoms with Crippen LogP contribution >= 0.6 is 0 Å². The molecule has 90 valence electrons. The highest BCUT2D eigenvalue weighted by Crippen LogP contribution is 1.95. The number of nitrogens with zero attached hydrogens (tertiary/aromatic N) is 1. The zero-order chi connectivity index (χ0) is 12.7. The SMILES string of the molecule is C=C(C)C(=O)OC[N+](OC(N)=O)=C(C)CC. The van der Waals surface area contributed by atoms with Gasteiger partial charge >= 0.3 is 18.8 Å². The molecule has 2 N–H and O–H groups in total. The molecular weight excluding hydrogens is 212 g/mol. The van der Waals surface area contributed by atoms with Gasteiger partial charge in [-0.2, -0.15) is 4.84 Å². The summed E-state index contributed by atoms with van der Waals surface area (Å²) in [6.07, 6.45) is -0.322. The van der Waals surface area contributed by atoms with Gasteiger partial charge in [0.15, 0.2) is 0 Å². The van der Waals surface area contributed by atoms with Gasteiger partial charge < -0.3 is 10.5 Å². The van der Waals surface area contributed by atoms with Gasteiger partial charge in [-0.05, 0) is 6.92 Å². The third-order valence-corrected chi connectivity index (χ3v) is 1.80. The van der Waals surface area contributed by atoms with Gasteiger partial charge in [0.05, 0.1) is 0 Å². The lowest BCUT2D eigenvalue weighted by molar-refractivity contribution is -0.778. The van der Waals surface area contributed by atoms with Crippen LogP contribution in [0.3, 0.4) is 0 Å². The first-order valence-corrected chi connectivity index (χ1v) is 4.78. The Morgan fingerprint density at radius 1 is 1.38 bits per heavy atom. The van der Waals surface area contributed by atoms with E-state index in [4.69, 9.17) is 10.5 Å². The Morgan fingerprint density at radius 3 is 2.31 bits per heavy atom. The summed E-state index contributed by atoms with van der Waals surface area (Å²) >= 11 is 0. The standard InChI is InChI=1S/C10H16N2O4/c1-5-8(4)12(16-10(11)14)6-15-9(13)7(2)3/h2,5-6H2,1,3-4H3,(H-,11,14)/p+1. The maximum Gasteiger partial charge on any atom is 0.472 e. The number of nitrogens with two attached hydrogens (primary N) is 1. The molecule has 0 rings (SSSR count). The Bertz CT molecular complexity index is 334. The van der Waals surface area contributed by atoms with Gasteiger partial charge in [-0.15, -0.1) is 0 Å². The van der Waals surface area contributed by atoms with Crippen molar-refractivity contribution in [3.05, 3.63) is 12.2 Å². The van der Waals surface area contributed by atoms with Crippen LogP contribution in [0.1, 0.15) is 27.2 Å². The van der Waals surface area contributed by atoms with Crippen molar-refractivity contribution in [1.82, 2.24) is 0 Å². The number of carbonyl (C=O) groups excluding carboxylic acids is 2. The summed E-state index contributed by atoms with van der Waals surface area (Å²) < 4.78 is 5.95. The number of esters is 1. The van der Waals surface area contributed by atoms with Crippen molar-refractivity contribution < 1.29 is 23.9 Å². The quantitative estimate of drug-likeness (QED) is 0.145. The van der Waals surface area contributed by atoms with Crippen LogP contribution in [0.5, 0.6) is 0 Å². The van der Waals surface area contributed by atoms with E-state index in [1.165, 1.54) is 6.92 Å². The van der Waals surface area contributed by atoms with Crippen LogP contribution < -0.4 is 5.73 Å². The fourth-order valence-corrected chi connectivity index (χ4v) is 0.740. The van der Waals surface area contributed by atoms with Crippen LogP contribution in [0, 0.1) is 0 Å². The Balaban J connectivity index is 4.52. The highest BCUT2D eigenvalue weighted by molar-refractivity contribution is 5.86. The lowest BCUT2D eigenvalue weighted by Crippen LogP contribution is -2.29. The maximum absolute atomic E-state index is 11.1. The minimum Gasteiger partial charge on any atom is -0.398 e. The molecule has 6 nitrogen and oxygen atoms in total. The number of hydrogen-bond donors (Lipinski definition) is 1. The average molecular weight is 229 g/mol. The van der Waals surface area contributed by atoms with Crippen LogP contribution in [0.15, 0.2) is 12.2 Å². The molecule has 0 aromatic heterocycles. The van der Waals surface area contributed by atoms with Crippen LogP contribution in [0.25, 0.3) is 0 Å². The average Bonchev–Trinajstić information content (AvgIpc) is 2.21. The summed E-state index contributed by atoms with van der Waals surface area (Å²) in [5, 5.41) is 0. The Morgan fingerprint density at radius 2 is 1.94 bits per heavy atom. The van der Waals surface area contributed by atoms with E-state index in [9.17, 15) is 9.59 Å². The van der Waals surface area contributed by atoms with Gasteiger partial charge in [-0.1, -0.05) is 13.5 Å². The van der Waals surface area contributed by atoms with Crippen LogP contribution in [-0.4, -0.2) is 29.2 Å². The van der Waals surface area contributed by atoms with E-state index in [1.54, 1.807) is 6.92 Å². The zero-order valence-electron chi connectivity index (χ0n) is 9.78. The van der Waals surface area contributed by atoms with E-state index in [1.807, 2.05) is 6.92 Å². The van der Waals surface area contributed by atoms with Crippen molar-refractivity contribution in [2.24, 2.45) is 5.73 Å². The van der Waals surface area contributed by atoms with Crippen molar-refractivity contribution in [3.63, 3.8) is 0 Å². The Labute approximate surface area is 94.3 Å². The highest BCUT2D eigenvalue weighted by Gasteiger charge is 2.17. The molecule has 16 heavy (non-hydrogen) atoms. The molecule has 0 unspecified atom stereocenters. The highest BCUT2D eigenvalue weighted by atomic mass is 16.7. The van der Waals surface area contributed by atoms with Gasteiger partial charge in [0.1, 0.15) is 0 Å². The first kappa shape index (κ1) is 14.2. The summed E-state index contributed by atoms with van der Waals surface area (Å²) in [7, 11) is 0. The molecule has 0 bridgehead atoms. The van der Waals surface area contributed by atoms with Crippen molar-refractivity contribution in [2.45, 2.75) is 27.2 Å². The second-order valence-electron chi connectivity index (χ2n) is 3.22. The molecule has 0 aliphatic heterocycles. The lowest BCUT2D eigenvalue weighted by Gasteiger charge is -2.03. The minimum absolute atomic E-state index is 0.200. The number of hydrogen-bond acceptors (Lipinski definition) is 4. The van der Waals surface area contributed by atoms with E-state index >= 15 is 0 Å². The summed E-state index contributed by atoms with van der Waals surface area (Å²) in [6, 6.07) is 0. The van der Waals surface area contributed by atoms with Gasteiger partial charge in [0.2, 0.25) is 5.71 Å². The minimum atomic E-state index is -0.959. The molecular formula is C10H17N2O4+. The van der Waals surface area contributed by atoms with E-state index in [0.29, 0.717) is 12.1 Å². The second-order valence-corrected chi connectivity index (χ2v) is 3.22. The van der Waals surface area contributed by atoms with Crippen LogP contribution in [-0.2, 0) is 14.4 Å². The van der Waals surface area contributed by atoms with E-state index in [2.05, 4.69) is 11.4 Å². The molecule has 0 saturated carbocycles. The van der Waals surface area contributed by atoms with Crippen LogP contribution in [0.4, 0.5) is 4.79 Å². The van der Waals surface area contributed by atoms with Crippen molar-refractivity contribution >= 4 is 17.8 Å². The lowest BCUT2D eigenvalue weighted by atomic mass is 10.3. The van der Waals surface area contributed by atoms with Gasteiger partial charge in [0.25, 0.3) is 0 Å². The maximum atomic E-state index is 11.1. The van der Waals surface area contributed by atoms with Gasteiger partial charge in [-0.3, -0.25) is 0 Å². The fraction of sp³-hybridized carbons (Fsp3) is 0.500. The number of primary amides is 1. The predicted octanol–water partition coefficient (Wildman–Crippen LogP) is 0.957. The summed E-state index contributed by atoms with van der Waals surface area (Å²) in [5.41, 5.74) is 5.87. The Hall–Kier alpha value is -1.85. The molecule has 0 aliphatic carbocycles. The molecule has 0 radical (unpaired) electrons. The molecule has 0 fully saturated rings. The number of rotatable bonds is 5. The number of hydroxylamine groups is 1. The van der Waals surface area contributed by atoms with E-state index < -0.39 is 12.1 Å².